The standard InChI is InChI=1S/C17H21NO5/c19-15(11-13-2-1-3-14(10-13)16(20)21)18-6-9-23-17(12-18)4-7-22-8-5-17/h1-3,10H,4-9,11-12H2,(H,20,21). The summed E-state index contributed by atoms with van der Waals surface area (Å²) < 4.78 is 11.3. The molecule has 3 rings (SSSR count). The zero-order valence-corrected chi connectivity index (χ0v) is 13.0. The summed E-state index contributed by atoms with van der Waals surface area (Å²) in [6.45, 7) is 3.06. The van der Waals surface area contributed by atoms with E-state index in [0.717, 1.165) is 18.4 Å². The highest BCUT2D eigenvalue weighted by Gasteiger charge is 2.39. The summed E-state index contributed by atoms with van der Waals surface area (Å²) in [5, 5.41) is 9.03. The van der Waals surface area contributed by atoms with Gasteiger partial charge in [-0.25, -0.2) is 4.79 Å². The lowest BCUT2D eigenvalue weighted by Gasteiger charge is -2.44. The molecular formula is C17H21NO5. The summed E-state index contributed by atoms with van der Waals surface area (Å²) in [5.41, 5.74) is 0.662. The molecule has 0 atom stereocenters. The van der Waals surface area contributed by atoms with Crippen molar-refractivity contribution in [3.05, 3.63) is 35.4 Å². The molecule has 0 aromatic heterocycles. The molecule has 2 aliphatic rings. The molecule has 2 heterocycles. The fraction of sp³-hybridized carbons (Fsp3) is 0.529. The number of hydrogen-bond donors (Lipinski definition) is 1. The molecule has 1 N–H and O–H groups in total. The van der Waals surface area contributed by atoms with Gasteiger partial charge in [0, 0.05) is 39.1 Å². The van der Waals surface area contributed by atoms with Crippen LogP contribution in [0.15, 0.2) is 24.3 Å². The van der Waals surface area contributed by atoms with Gasteiger partial charge < -0.3 is 19.5 Å². The van der Waals surface area contributed by atoms with Gasteiger partial charge in [-0.1, -0.05) is 12.1 Å². The first-order valence-electron chi connectivity index (χ1n) is 7.90. The van der Waals surface area contributed by atoms with Gasteiger partial charge in [-0.2, -0.15) is 0 Å². The maximum Gasteiger partial charge on any atom is 0.335 e. The molecule has 0 saturated carbocycles. The van der Waals surface area contributed by atoms with E-state index in [2.05, 4.69) is 0 Å². The quantitative estimate of drug-likeness (QED) is 0.910. The number of ether oxygens (including phenoxy) is 2. The molecule has 1 spiro atoms. The number of morpholine rings is 1. The number of carboxylic acids is 1. The van der Waals surface area contributed by atoms with Crippen LogP contribution in [-0.2, 0) is 20.7 Å². The summed E-state index contributed by atoms with van der Waals surface area (Å²) >= 11 is 0. The molecule has 1 aromatic carbocycles. The van der Waals surface area contributed by atoms with E-state index in [9.17, 15) is 9.59 Å². The van der Waals surface area contributed by atoms with Gasteiger partial charge in [-0.05, 0) is 17.7 Å². The largest absolute Gasteiger partial charge is 0.478 e. The van der Waals surface area contributed by atoms with Gasteiger partial charge in [0.1, 0.15) is 0 Å². The molecule has 2 saturated heterocycles. The Balaban J connectivity index is 1.65. The molecule has 0 radical (unpaired) electrons. The first kappa shape index (κ1) is 16.0. The summed E-state index contributed by atoms with van der Waals surface area (Å²) in [6.07, 6.45) is 1.84. The van der Waals surface area contributed by atoms with Gasteiger partial charge in [-0.3, -0.25) is 4.79 Å². The highest BCUT2D eigenvalue weighted by atomic mass is 16.5. The number of nitrogens with zero attached hydrogens (tertiary/aromatic N) is 1. The maximum absolute atomic E-state index is 12.6. The average molecular weight is 319 g/mol. The highest BCUT2D eigenvalue weighted by Crippen LogP contribution is 2.29. The van der Waals surface area contributed by atoms with Crippen LogP contribution < -0.4 is 0 Å². The first-order valence-corrected chi connectivity index (χ1v) is 7.90. The van der Waals surface area contributed by atoms with Crippen molar-refractivity contribution in [3.8, 4) is 0 Å². The van der Waals surface area contributed by atoms with E-state index in [1.807, 2.05) is 4.90 Å². The van der Waals surface area contributed by atoms with E-state index in [0.29, 0.717) is 32.9 Å². The summed E-state index contributed by atoms with van der Waals surface area (Å²) in [5.74, 6) is -0.964. The Bertz CT molecular complexity index is 589. The Morgan fingerprint density at radius 1 is 1.22 bits per heavy atom. The van der Waals surface area contributed by atoms with Crippen molar-refractivity contribution in [2.45, 2.75) is 24.9 Å². The van der Waals surface area contributed by atoms with Gasteiger partial charge in [0.2, 0.25) is 5.91 Å². The molecule has 0 bridgehead atoms. The Labute approximate surface area is 135 Å². The van der Waals surface area contributed by atoms with E-state index < -0.39 is 5.97 Å². The van der Waals surface area contributed by atoms with E-state index in [-0.39, 0.29) is 23.5 Å². The Morgan fingerprint density at radius 2 is 2.00 bits per heavy atom. The van der Waals surface area contributed by atoms with Crippen LogP contribution in [0.4, 0.5) is 0 Å². The van der Waals surface area contributed by atoms with E-state index >= 15 is 0 Å². The summed E-state index contributed by atoms with van der Waals surface area (Å²) in [7, 11) is 0. The van der Waals surface area contributed by atoms with Crippen molar-refractivity contribution in [1.82, 2.24) is 4.90 Å². The maximum atomic E-state index is 12.6. The minimum Gasteiger partial charge on any atom is -0.478 e. The first-order chi connectivity index (χ1) is 11.1. The normalized spacial score (nSPS) is 20.4. The second-order valence-corrected chi connectivity index (χ2v) is 6.14. The van der Waals surface area contributed by atoms with Crippen LogP contribution in [0.25, 0.3) is 0 Å². The second kappa shape index (κ2) is 6.68. The highest BCUT2D eigenvalue weighted by molar-refractivity contribution is 5.88. The molecular weight excluding hydrogens is 298 g/mol. The van der Waals surface area contributed by atoms with Crippen LogP contribution in [0, 0.1) is 0 Å². The van der Waals surface area contributed by atoms with Crippen molar-refractivity contribution in [1.29, 1.82) is 0 Å². The molecule has 1 amide bonds. The van der Waals surface area contributed by atoms with E-state index in [1.165, 1.54) is 6.07 Å². The number of amides is 1. The van der Waals surface area contributed by atoms with Gasteiger partial charge in [0.15, 0.2) is 0 Å². The second-order valence-electron chi connectivity index (χ2n) is 6.14. The number of rotatable bonds is 3. The minimum absolute atomic E-state index is 0.0155. The molecule has 0 unspecified atom stereocenters. The van der Waals surface area contributed by atoms with Crippen LogP contribution in [0.1, 0.15) is 28.8 Å². The smallest absolute Gasteiger partial charge is 0.335 e. The molecule has 6 nitrogen and oxygen atoms in total. The van der Waals surface area contributed by atoms with Crippen molar-refractivity contribution in [2.24, 2.45) is 0 Å². The number of hydrogen-bond acceptors (Lipinski definition) is 4. The van der Waals surface area contributed by atoms with Crippen molar-refractivity contribution < 1.29 is 24.2 Å². The molecule has 23 heavy (non-hydrogen) atoms. The zero-order valence-electron chi connectivity index (χ0n) is 13.0. The number of benzene rings is 1. The van der Waals surface area contributed by atoms with Crippen molar-refractivity contribution in [2.75, 3.05) is 32.9 Å². The minimum atomic E-state index is -0.980. The van der Waals surface area contributed by atoms with Gasteiger partial charge in [0.25, 0.3) is 0 Å². The van der Waals surface area contributed by atoms with Crippen molar-refractivity contribution >= 4 is 11.9 Å². The van der Waals surface area contributed by atoms with E-state index in [1.54, 1.807) is 18.2 Å². The third-order valence-corrected chi connectivity index (χ3v) is 4.53. The number of carbonyl (C=O) groups is 2. The lowest BCUT2D eigenvalue weighted by atomic mass is 9.92. The average Bonchev–Trinajstić information content (AvgIpc) is 2.56. The lowest BCUT2D eigenvalue weighted by Crippen LogP contribution is -2.56. The third kappa shape index (κ3) is 3.71. The summed E-state index contributed by atoms with van der Waals surface area (Å²) in [4.78, 5) is 25.4. The van der Waals surface area contributed by atoms with Crippen LogP contribution in [0.5, 0.6) is 0 Å². The monoisotopic (exact) mass is 319 g/mol. The lowest BCUT2D eigenvalue weighted by molar-refractivity contribution is -0.167. The molecule has 0 aliphatic carbocycles. The Morgan fingerprint density at radius 3 is 2.74 bits per heavy atom. The fourth-order valence-corrected chi connectivity index (χ4v) is 3.20. The zero-order chi connectivity index (χ0) is 16.3. The van der Waals surface area contributed by atoms with Gasteiger partial charge in [-0.15, -0.1) is 0 Å². The molecule has 2 aliphatic heterocycles. The van der Waals surface area contributed by atoms with E-state index in [4.69, 9.17) is 14.6 Å². The predicted octanol–water partition coefficient (Wildman–Crippen LogP) is 1.34. The fourth-order valence-electron chi connectivity index (χ4n) is 3.20. The SMILES string of the molecule is O=C(O)c1cccc(CC(=O)N2CCOC3(CCOCC3)C2)c1. The third-order valence-electron chi connectivity index (χ3n) is 4.53. The van der Waals surface area contributed by atoms with Crippen LogP contribution in [0.3, 0.4) is 0 Å². The van der Waals surface area contributed by atoms with Gasteiger partial charge in [0.05, 0.1) is 24.2 Å². The molecule has 2 fully saturated rings. The summed E-state index contributed by atoms with van der Waals surface area (Å²) in [6, 6.07) is 6.55. The number of carbonyl (C=O) groups excluding carboxylic acids is 1. The number of carboxylic acid groups (broad SMARTS) is 1. The predicted molar refractivity (Wildman–Crippen MR) is 82.4 cm³/mol. The van der Waals surface area contributed by atoms with Crippen LogP contribution in [0.2, 0.25) is 0 Å². The van der Waals surface area contributed by atoms with Gasteiger partial charge >= 0.3 is 5.97 Å². The molecule has 124 valence electrons. The number of aromatic carboxylic acids is 1. The Hall–Kier alpha value is -1.92. The molecule has 6 heteroatoms. The topological polar surface area (TPSA) is 76.1 Å². The van der Waals surface area contributed by atoms with Crippen LogP contribution >= 0.6 is 0 Å². The van der Waals surface area contributed by atoms with Crippen molar-refractivity contribution in [3.63, 3.8) is 0 Å². The Kier molecular flexibility index (Phi) is 4.63. The van der Waals surface area contributed by atoms with Crippen LogP contribution in [-0.4, -0.2) is 60.4 Å². The molecule has 1 aromatic rings.